The maximum absolute atomic E-state index is 12.5. The number of benzene rings is 1. The van der Waals surface area contributed by atoms with Crippen LogP contribution in [0.5, 0.6) is 0 Å². The smallest absolute Gasteiger partial charge is 0.223 e. The summed E-state index contributed by atoms with van der Waals surface area (Å²) in [7, 11) is 0. The quantitative estimate of drug-likeness (QED) is 0.863. The van der Waals surface area contributed by atoms with Gasteiger partial charge in [0.25, 0.3) is 0 Å². The summed E-state index contributed by atoms with van der Waals surface area (Å²) in [5.41, 5.74) is 1.71. The minimum absolute atomic E-state index is 0.157. The molecule has 1 amide bonds. The molecule has 1 aromatic carbocycles. The third-order valence-corrected chi connectivity index (χ3v) is 4.39. The standard InChI is InChI=1S/C18H20N4O2/c1-13-20-18(21-24-13)16-3-2-10-22(12-16)17(23)9-8-14-4-6-15(11-19)7-5-14/h4-7,16H,2-3,8-10,12H2,1H3/t16-/m0/s1. The van der Waals surface area contributed by atoms with E-state index in [-0.39, 0.29) is 11.8 Å². The lowest BCUT2D eigenvalue weighted by molar-refractivity contribution is -0.132. The molecule has 1 saturated heterocycles. The van der Waals surface area contributed by atoms with Gasteiger partial charge in [0.05, 0.1) is 11.6 Å². The first-order valence-corrected chi connectivity index (χ1v) is 8.22. The fourth-order valence-electron chi connectivity index (χ4n) is 3.05. The van der Waals surface area contributed by atoms with E-state index in [1.165, 1.54) is 0 Å². The van der Waals surface area contributed by atoms with Crippen molar-refractivity contribution in [3.63, 3.8) is 0 Å². The van der Waals surface area contributed by atoms with Crippen LogP contribution in [0, 0.1) is 18.3 Å². The molecule has 1 atom stereocenters. The van der Waals surface area contributed by atoms with E-state index in [4.69, 9.17) is 9.78 Å². The molecule has 0 N–H and O–H groups in total. The van der Waals surface area contributed by atoms with Crippen LogP contribution in [0.1, 0.15) is 48.0 Å². The number of aryl methyl sites for hydroxylation is 2. The van der Waals surface area contributed by atoms with Gasteiger partial charge < -0.3 is 9.42 Å². The molecular formula is C18H20N4O2. The summed E-state index contributed by atoms with van der Waals surface area (Å²) in [4.78, 5) is 18.7. The van der Waals surface area contributed by atoms with Crippen molar-refractivity contribution in [3.8, 4) is 6.07 Å². The Labute approximate surface area is 141 Å². The van der Waals surface area contributed by atoms with Gasteiger partial charge in [-0.15, -0.1) is 0 Å². The molecule has 2 aromatic rings. The minimum atomic E-state index is 0.157. The Balaban J connectivity index is 1.55. The van der Waals surface area contributed by atoms with Crippen molar-refractivity contribution >= 4 is 5.91 Å². The zero-order valence-electron chi connectivity index (χ0n) is 13.7. The maximum Gasteiger partial charge on any atom is 0.223 e. The Hall–Kier alpha value is -2.68. The van der Waals surface area contributed by atoms with Crippen molar-refractivity contribution in [2.75, 3.05) is 13.1 Å². The van der Waals surface area contributed by atoms with Gasteiger partial charge in [-0.1, -0.05) is 17.3 Å². The first-order valence-electron chi connectivity index (χ1n) is 8.22. The predicted molar refractivity (Wildman–Crippen MR) is 87.1 cm³/mol. The number of carbonyl (C=O) groups excluding carboxylic acids is 1. The molecule has 1 aliphatic heterocycles. The van der Waals surface area contributed by atoms with Crippen LogP contribution in [0.25, 0.3) is 0 Å². The zero-order valence-corrected chi connectivity index (χ0v) is 13.7. The summed E-state index contributed by atoms with van der Waals surface area (Å²) < 4.78 is 5.05. The van der Waals surface area contributed by atoms with Crippen LogP contribution in [-0.2, 0) is 11.2 Å². The van der Waals surface area contributed by atoms with E-state index in [2.05, 4.69) is 16.2 Å². The molecule has 0 saturated carbocycles. The topological polar surface area (TPSA) is 83.0 Å². The molecule has 2 heterocycles. The molecule has 1 fully saturated rings. The molecule has 0 radical (unpaired) electrons. The number of hydrogen-bond donors (Lipinski definition) is 0. The Bertz CT molecular complexity index is 745. The summed E-state index contributed by atoms with van der Waals surface area (Å²) in [6.07, 6.45) is 3.11. The number of piperidine rings is 1. The van der Waals surface area contributed by atoms with E-state index >= 15 is 0 Å². The van der Waals surface area contributed by atoms with E-state index < -0.39 is 0 Å². The first kappa shape index (κ1) is 16.2. The second-order valence-electron chi connectivity index (χ2n) is 6.16. The van der Waals surface area contributed by atoms with Crippen LogP contribution in [-0.4, -0.2) is 34.0 Å². The molecule has 0 unspecified atom stereocenters. The second-order valence-corrected chi connectivity index (χ2v) is 6.16. The van der Waals surface area contributed by atoms with Crippen LogP contribution in [0.3, 0.4) is 0 Å². The summed E-state index contributed by atoms with van der Waals surface area (Å²) >= 11 is 0. The number of rotatable bonds is 4. The molecule has 24 heavy (non-hydrogen) atoms. The molecule has 6 nitrogen and oxygen atoms in total. The zero-order chi connectivity index (χ0) is 16.9. The minimum Gasteiger partial charge on any atom is -0.342 e. The van der Waals surface area contributed by atoms with Gasteiger partial charge in [-0.2, -0.15) is 10.2 Å². The van der Waals surface area contributed by atoms with Gasteiger partial charge in [-0.25, -0.2) is 0 Å². The van der Waals surface area contributed by atoms with E-state index in [0.717, 1.165) is 24.9 Å². The van der Waals surface area contributed by atoms with E-state index in [1.807, 2.05) is 17.0 Å². The van der Waals surface area contributed by atoms with Gasteiger partial charge in [0.2, 0.25) is 11.8 Å². The van der Waals surface area contributed by atoms with Crippen molar-refractivity contribution in [2.45, 2.75) is 38.5 Å². The van der Waals surface area contributed by atoms with Crippen LogP contribution < -0.4 is 0 Å². The van der Waals surface area contributed by atoms with Gasteiger partial charge >= 0.3 is 0 Å². The molecule has 1 aromatic heterocycles. The van der Waals surface area contributed by atoms with Gasteiger partial charge in [-0.05, 0) is 37.0 Å². The van der Waals surface area contributed by atoms with Gasteiger partial charge in [-0.3, -0.25) is 4.79 Å². The van der Waals surface area contributed by atoms with Gasteiger partial charge in [0.1, 0.15) is 0 Å². The summed E-state index contributed by atoms with van der Waals surface area (Å²) in [5, 5.41) is 12.8. The monoisotopic (exact) mass is 324 g/mol. The second kappa shape index (κ2) is 7.26. The molecule has 3 rings (SSSR count). The first-order chi connectivity index (χ1) is 11.7. The predicted octanol–water partition coefficient (Wildman–Crippen LogP) is 2.59. The average molecular weight is 324 g/mol. The van der Waals surface area contributed by atoms with Gasteiger partial charge in [0.15, 0.2) is 5.82 Å². The van der Waals surface area contributed by atoms with Crippen molar-refractivity contribution in [3.05, 3.63) is 47.1 Å². The fourth-order valence-corrected chi connectivity index (χ4v) is 3.05. The highest BCUT2D eigenvalue weighted by Gasteiger charge is 2.27. The molecule has 0 spiro atoms. The highest BCUT2D eigenvalue weighted by atomic mass is 16.5. The number of likely N-dealkylation sites (tertiary alicyclic amines) is 1. The number of amides is 1. The van der Waals surface area contributed by atoms with Gasteiger partial charge in [0, 0.05) is 32.4 Å². The lowest BCUT2D eigenvalue weighted by atomic mass is 9.96. The number of hydrogen-bond acceptors (Lipinski definition) is 5. The van der Waals surface area contributed by atoms with Crippen LogP contribution in [0.15, 0.2) is 28.8 Å². The Kier molecular flexibility index (Phi) is 4.90. The number of carbonyl (C=O) groups is 1. The Morgan fingerprint density at radius 1 is 1.42 bits per heavy atom. The van der Waals surface area contributed by atoms with Crippen molar-refractivity contribution in [1.29, 1.82) is 5.26 Å². The fraction of sp³-hybridized carbons (Fsp3) is 0.444. The maximum atomic E-state index is 12.5. The third-order valence-electron chi connectivity index (χ3n) is 4.39. The van der Waals surface area contributed by atoms with Crippen molar-refractivity contribution in [2.24, 2.45) is 0 Å². The van der Waals surface area contributed by atoms with E-state index in [9.17, 15) is 4.79 Å². The highest BCUT2D eigenvalue weighted by molar-refractivity contribution is 5.76. The van der Waals surface area contributed by atoms with E-state index in [0.29, 0.717) is 36.7 Å². The van der Waals surface area contributed by atoms with Crippen LogP contribution in [0.4, 0.5) is 0 Å². The lowest BCUT2D eigenvalue weighted by Crippen LogP contribution is -2.39. The molecule has 0 bridgehead atoms. The average Bonchev–Trinajstić information content (AvgIpc) is 3.06. The molecule has 0 aliphatic carbocycles. The normalized spacial score (nSPS) is 17.5. The largest absolute Gasteiger partial charge is 0.342 e. The Morgan fingerprint density at radius 3 is 2.88 bits per heavy atom. The third kappa shape index (κ3) is 3.80. The van der Waals surface area contributed by atoms with E-state index in [1.54, 1.807) is 19.1 Å². The highest BCUT2D eigenvalue weighted by Crippen LogP contribution is 2.25. The number of aromatic nitrogens is 2. The molecule has 6 heteroatoms. The summed E-state index contributed by atoms with van der Waals surface area (Å²) in [6.45, 7) is 3.23. The molecular weight excluding hydrogens is 304 g/mol. The van der Waals surface area contributed by atoms with Crippen molar-refractivity contribution < 1.29 is 9.32 Å². The molecule has 124 valence electrons. The molecule has 1 aliphatic rings. The lowest BCUT2D eigenvalue weighted by Gasteiger charge is -2.31. The summed E-state index contributed by atoms with van der Waals surface area (Å²) in [6, 6.07) is 9.49. The number of nitrogens with zero attached hydrogens (tertiary/aromatic N) is 4. The Morgan fingerprint density at radius 2 is 2.21 bits per heavy atom. The summed E-state index contributed by atoms with van der Waals surface area (Å²) in [5.74, 6) is 1.59. The SMILES string of the molecule is Cc1nc([C@H]2CCCN(C(=O)CCc3ccc(C#N)cc3)C2)no1. The van der Waals surface area contributed by atoms with Crippen molar-refractivity contribution in [1.82, 2.24) is 15.0 Å². The van der Waals surface area contributed by atoms with Crippen LogP contribution >= 0.6 is 0 Å². The van der Waals surface area contributed by atoms with Crippen LogP contribution in [0.2, 0.25) is 0 Å². The number of nitriles is 1.